The summed E-state index contributed by atoms with van der Waals surface area (Å²) in [7, 11) is 3.20. The molecule has 1 N–H and O–H groups in total. The molecule has 1 aromatic heterocycles. The molecule has 0 radical (unpaired) electrons. The molecule has 31 heavy (non-hydrogen) atoms. The highest BCUT2D eigenvalue weighted by molar-refractivity contribution is 5.93. The number of methoxy groups -OCH3 is 2. The van der Waals surface area contributed by atoms with Crippen molar-refractivity contribution in [2.24, 2.45) is 0 Å². The third-order valence-corrected chi connectivity index (χ3v) is 5.25. The molecule has 0 aliphatic rings. The molecule has 4 rings (SSSR count). The van der Waals surface area contributed by atoms with Crippen molar-refractivity contribution in [2.45, 2.75) is 20.4 Å². The van der Waals surface area contributed by atoms with Crippen LogP contribution in [0.2, 0.25) is 0 Å². The summed E-state index contributed by atoms with van der Waals surface area (Å²) in [5, 5.41) is 3.03. The summed E-state index contributed by atoms with van der Waals surface area (Å²) >= 11 is 0. The number of ether oxygens (including phenoxy) is 2. The fourth-order valence-corrected chi connectivity index (χ4v) is 3.72. The monoisotopic (exact) mass is 415 g/mol. The number of anilines is 1. The van der Waals surface area contributed by atoms with Crippen molar-refractivity contribution in [3.63, 3.8) is 0 Å². The highest BCUT2D eigenvalue weighted by Gasteiger charge is 2.17. The van der Waals surface area contributed by atoms with Crippen LogP contribution in [0.1, 0.15) is 11.1 Å². The van der Waals surface area contributed by atoms with E-state index < -0.39 is 0 Å². The zero-order valence-corrected chi connectivity index (χ0v) is 18.1. The van der Waals surface area contributed by atoms with Crippen LogP contribution in [0.5, 0.6) is 11.5 Å². The Labute approximate surface area is 181 Å². The number of carbonyl (C=O) groups is 1. The summed E-state index contributed by atoms with van der Waals surface area (Å²) in [6.07, 6.45) is 0. The highest BCUT2D eigenvalue weighted by atomic mass is 16.5. The molecule has 0 saturated heterocycles. The number of aromatic nitrogens is 2. The predicted molar refractivity (Wildman–Crippen MR) is 123 cm³/mol. The minimum atomic E-state index is -0.114. The Morgan fingerprint density at radius 1 is 0.968 bits per heavy atom. The third-order valence-electron chi connectivity index (χ3n) is 5.25. The average molecular weight is 415 g/mol. The first-order valence-corrected chi connectivity index (χ1v) is 10.0. The second-order valence-electron chi connectivity index (χ2n) is 7.45. The van der Waals surface area contributed by atoms with E-state index in [0.29, 0.717) is 17.3 Å². The number of rotatable bonds is 6. The van der Waals surface area contributed by atoms with Gasteiger partial charge in [-0.2, -0.15) is 0 Å². The maximum atomic E-state index is 13.0. The number of aryl methyl sites for hydroxylation is 2. The summed E-state index contributed by atoms with van der Waals surface area (Å²) < 4.78 is 12.7. The summed E-state index contributed by atoms with van der Waals surface area (Å²) in [6, 6.07) is 19.4. The first-order valence-electron chi connectivity index (χ1n) is 10.0. The molecule has 0 aliphatic carbocycles. The van der Waals surface area contributed by atoms with Gasteiger partial charge in [0.25, 0.3) is 0 Å². The Balaban J connectivity index is 1.72. The maximum absolute atomic E-state index is 13.0. The lowest BCUT2D eigenvalue weighted by molar-refractivity contribution is -0.116. The van der Waals surface area contributed by atoms with Crippen LogP contribution in [0, 0.1) is 13.8 Å². The molecule has 0 unspecified atom stereocenters. The van der Waals surface area contributed by atoms with Crippen LogP contribution in [0.3, 0.4) is 0 Å². The molecule has 6 heteroatoms. The van der Waals surface area contributed by atoms with Gasteiger partial charge in [-0.05, 0) is 55.8 Å². The van der Waals surface area contributed by atoms with Crippen molar-refractivity contribution in [2.75, 3.05) is 19.5 Å². The van der Waals surface area contributed by atoms with E-state index in [2.05, 4.69) is 11.4 Å². The molecular formula is C25H25N3O3. The van der Waals surface area contributed by atoms with Gasteiger partial charge in [-0.1, -0.05) is 29.8 Å². The number of para-hydroxylation sites is 2. The number of benzene rings is 3. The van der Waals surface area contributed by atoms with Crippen molar-refractivity contribution >= 4 is 22.6 Å². The average Bonchev–Trinajstić information content (AvgIpc) is 3.13. The third kappa shape index (κ3) is 4.10. The molecular weight excluding hydrogens is 390 g/mol. The van der Waals surface area contributed by atoms with Crippen LogP contribution in [0.4, 0.5) is 5.69 Å². The molecule has 4 aromatic rings. The smallest absolute Gasteiger partial charge is 0.244 e. The lowest BCUT2D eigenvalue weighted by atomic mass is 10.1. The molecule has 0 fully saturated rings. The number of hydrogen-bond donors (Lipinski definition) is 1. The van der Waals surface area contributed by atoms with Crippen LogP contribution in [0.15, 0.2) is 60.7 Å². The van der Waals surface area contributed by atoms with Gasteiger partial charge in [-0.15, -0.1) is 0 Å². The van der Waals surface area contributed by atoms with E-state index >= 15 is 0 Å². The summed E-state index contributed by atoms with van der Waals surface area (Å²) in [6.45, 7) is 4.16. The molecule has 1 heterocycles. The van der Waals surface area contributed by atoms with Crippen molar-refractivity contribution in [1.82, 2.24) is 9.55 Å². The first kappa shape index (κ1) is 20.5. The van der Waals surface area contributed by atoms with E-state index in [1.165, 1.54) is 0 Å². The number of amides is 1. The van der Waals surface area contributed by atoms with Crippen LogP contribution >= 0.6 is 0 Å². The zero-order chi connectivity index (χ0) is 22.0. The van der Waals surface area contributed by atoms with Gasteiger partial charge in [0.2, 0.25) is 5.91 Å². The van der Waals surface area contributed by atoms with Crippen molar-refractivity contribution in [3.8, 4) is 22.9 Å². The lowest BCUT2D eigenvalue weighted by Gasteiger charge is -2.13. The van der Waals surface area contributed by atoms with E-state index in [9.17, 15) is 4.79 Å². The summed E-state index contributed by atoms with van der Waals surface area (Å²) in [5.74, 6) is 1.83. The van der Waals surface area contributed by atoms with Gasteiger partial charge in [0.1, 0.15) is 12.4 Å². The minimum absolute atomic E-state index is 0.114. The quantitative estimate of drug-likeness (QED) is 0.483. The Morgan fingerprint density at radius 2 is 1.74 bits per heavy atom. The number of imidazole rings is 1. The van der Waals surface area contributed by atoms with Gasteiger partial charge in [0.15, 0.2) is 11.5 Å². The molecule has 0 bridgehead atoms. The second-order valence-corrected chi connectivity index (χ2v) is 7.45. The van der Waals surface area contributed by atoms with Gasteiger partial charge in [-0.3, -0.25) is 4.79 Å². The largest absolute Gasteiger partial charge is 0.493 e. The van der Waals surface area contributed by atoms with Crippen molar-refractivity contribution in [1.29, 1.82) is 0 Å². The van der Waals surface area contributed by atoms with Gasteiger partial charge in [-0.25, -0.2) is 4.98 Å². The Morgan fingerprint density at radius 3 is 2.48 bits per heavy atom. The summed E-state index contributed by atoms with van der Waals surface area (Å²) in [4.78, 5) is 17.8. The molecule has 0 spiro atoms. The molecule has 0 saturated carbocycles. The number of nitrogens with zero attached hydrogens (tertiary/aromatic N) is 2. The fourth-order valence-electron chi connectivity index (χ4n) is 3.72. The first-order chi connectivity index (χ1) is 15.0. The fraction of sp³-hybridized carbons (Fsp3) is 0.200. The number of hydrogen-bond acceptors (Lipinski definition) is 4. The van der Waals surface area contributed by atoms with E-state index in [1.807, 2.05) is 73.0 Å². The molecule has 3 aromatic carbocycles. The Kier molecular flexibility index (Phi) is 5.62. The van der Waals surface area contributed by atoms with E-state index in [4.69, 9.17) is 14.5 Å². The maximum Gasteiger partial charge on any atom is 0.244 e. The molecule has 1 amide bonds. The zero-order valence-electron chi connectivity index (χ0n) is 18.1. The number of nitrogens with one attached hydrogen (secondary N) is 1. The standard InChI is InChI=1S/C25H25N3O3/c1-16-9-11-19(17(2)13-16)26-24(29)15-28-21-8-6-5-7-20(21)27-25(28)18-10-12-22(30-3)23(14-18)31-4/h5-14H,15H2,1-4H3,(H,26,29). The minimum Gasteiger partial charge on any atom is -0.493 e. The number of carbonyl (C=O) groups excluding carboxylic acids is 1. The lowest BCUT2D eigenvalue weighted by Crippen LogP contribution is -2.20. The van der Waals surface area contributed by atoms with Crippen LogP contribution in [-0.4, -0.2) is 29.7 Å². The normalized spacial score (nSPS) is 10.8. The highest BCUT2D eigenvalue weighted by Crippen LogP contribution is 2.33. The molecule has 0 atom stereocenters. The molecule has 0 aliphatic heterocycles. The summed E-state index contributed by atoms with van der Waals surface area (Å²) in [5.41, 5.74) is 5.56. The van der Waals surface area contributed by atoms with Gasteiger partial charge in [0, 0.05) is 11.3 Å². The number of fused-ring (bicyclic) bond motifs is 1. The van der Waals surface area contributed by atoms with Crippen molar-refractivity contribution in [3.05, 3.63) is 71.8 Å². The van der Waals surface area contributed by atoms with Gasteiger partial charge >= 0.3 is 0 Å². The van der Waals surface area contributed by atoms with E-state index in [1.54, 1.807) is 14.2 Å². The van der Waals surface area contributed by atoms with Gasteiger partial charge < -0.3 is 19.4 Å². The van der Waals surface area contributed by atoms with Crippen LogP contribution in [-0.2, 0) is 11.3 Å². The second kappa shape index (κ2) is 8.52. The van der Waals surface area contributed by atoms with Crippen molar-refractivity contribution < 1.29 is 14.3 Å². The SMILES string of the molecule is COc1ccc(-c2nc3ccccc3n2CC(=O)Nc2ccc(C)cc2C)cc1OC. The Hall–Kier alpha value is -3.80. The Bertz CT molecular complexity index is 1260. The molecule has 6 nitrogen and oxygen atoms in total. The predicted octanol–water partition coefficient (Wildman–Crippen LogP) is 4.98. The van der Waals surface area contributed by atoms with Crippen LogP contribution < -0.4 is 14.8 Å². The van der Waals surface area contributed by atoms with Crippen LogP contribution in [0.25, 0.3) is 22.4 Å². The topological polar surface area (TPSA) is 65.4 Å². The van der Waals surface area contributed by atoms with E-state index in [0.717, 1.165) is 33.4 Å². The van der Waals surface area contributed by atoms with E-state index in [-0.39, 0.29) is 12.5 Å². The molecule has 158 valence electrons. The van der Waals surface area contributed by atoms with Gasteiger partial charge in [0.05, 0.1) is 25.3 Å².